The molecular weight excluding hydrogens is 283 g/mol. The van der Waals surface area contributed by atoms with Crippen molar-refractivity contribution in [3.8, 4) is 5.75 Å². The lowest BCUT2D eigenvalue weighted by Crippen LogP contribution is -2.02. The summed E-state index contributed by atoms with van der Waals surface area (Å²) in [6.07, 6.45) is 0. The van der Waals surface area contributed by atoms with Crippen LogP contribution in [-0.2, 0) is 6.61 Å². The summed E-state index contributed by atoms with van der Waals surface area (Å²) in [5.41, 5.74) is 1.20. The first-order valence-electron chi connectivity index (χ1n) is 5.88. The van der Waals surface area contributed by atoms with Crippen LogP contribution in [0, 0.1) is 12.7 Å². The molecule has 0 heterocycles. The number of rotatable bonds is 4. The molecule has 0 fully saturated rings. The first-order valence-corrected chi connectivity index (χ1v) is 6.26. The van der Waals surface area contributed by atoms with E-state index in [1.165, 1.54) is 18.2 Å². The second kappa shape index (κ2) is 5.92. The van der Waals surface area contributed by atoms with E-state index in [4.69, 9.17) is 21.4 Å². The number of halogens is 2. The molecule has 1 N–H and O–H groups in total. The lowest BCUT2D eigenvalue weighted by Gasteiger charge is -2.10. The highest BCUT2D eigenvalue weighted by Gasteiger charge is 2.09. The minimum absolute atomic E-state index is 0.0274. The Morgan fingerprint density at radius 3 is 2.75 bits per heavy atom. The van der Waals surface area contributed by atoms with Crippen molar-refractivity contribution >= 4 is 17.6 Å². The molecule has 2 rings (SSSR count). The van der Waals surface area contributed by atoms with Crippen molar-refractivity contribution < 1.29 is 19.0 Å². The molecule has 5 heteroatoms. The van der Waals surface area contributed by atoms with E-state index in [1.54, 1.807) is 25.1 Å². The minimum Gasteiger partial charge on any atom is -0.489 e. The van der Waals surface area contributed by atoms with Crippen molar-refractivity contribution in [2.24, 2.45) is 0 Å². The normalized spacial score (nSPS) is 10.3. The molecule has 104 valence electrons. The Kier molecular flexibility index (Phi) is 4.25. The number of carboxylic acids is 1. The number of aromatic carboxylic acids is 1. The van der Waals surface area contributed by atoms with Crippen LogP contribution in [0.15, 0.2) is 36.4 Å². The number of hydrogen-bond donors (Lipinski definition) is 1. The van der Waals surface area contributed by atoms with Crippen LogP contribution in [0.3, 0.4) is 0 Å². The number of benzene rings is 2. The molecule has 0 atom stereocenters. The SMILES string of the molecule is Cc1cc(C(=O)O)ccc1OCc1cccc(Cl)c1F. The summed E-state index contributed by atoms with van der Waals surface area (Å²) in [6, 6.07) is 9.20. The van der Waals surface area contributed by atoms with E-state index >= 15 is 0 Å². The van der Waals surface area contributed by atoms with Gasteiger partial charge in [-0.3, -0.25) is 0 Å². The lowest BCUT2D eigenvalue weighted by atomic mass is 10.1. The van der Waals surface area contributed by atoms with E-state index in [0.29, 0.717) is 16.9 Å². The van der Waals surface area contributed by atoms with Crippen LogP contribution in [0.25, 0.3) is 0 Å². The van der Waals surface area contributed by atoms with E-state index in [9.17, 15) is 9.18 Å². The molecule has 2 aromatic carbocycles. The van der Waals surface area contributed by atoms with Gasteiger partial charge < -0.3 is 9.84 Å². The third kappa shape index (κ3) is 3.08. The standard InChI is InChI=1S/C15H12ClFO3/c1-9-7-10(15(18)19)5-6-13(9)20-8-11-3-2-4-12(16)14(11)17/h2-7H,8H2,1H3,(H,18,19). The van der Waals surface area contributed by atoms with Gasteiger partial charge in [0.1, 0.15) is 18.2 Å². The second-order valence-electron chi connectivity index (χ2n) is 4.29. The quantitative estimate of drug-likeness (QED) is 0.925. The molecule has 0 saturated heterocycles. The zero-order valence-electron chi connectivity index (χ0n) is 10.7. The third-order valence-electron chi connectivity index (χ3n) is 2.84. The summed E-state index contributed by atoms with van der Waals surface area (Å²) in [5.74, 6) is -0.996. The fourth-order valence-corrected chi connectivity index (χ4v) is 1.95. The van der Waals surface area contributed by atoms with Gasteiger partial charge >= 0.3 is 5.97 Å². The predicted octanol–water partition coefficient (Wildman–Crippen LogP) is 4.06. The van der Waals surface area contributed by atoms with Crippen molar-refractivity contribution in [2.75, 3.05) is 0 Å². The number of carbonyl (C=O) groups is 1. The van der Waals surface area contributed by atoms with Crippen molar-refractivity contribution in [2.45, 2.75) is 13.5 Å². The number of aryl methyl sites for hydroxylation is 1. The predicted molar refractivity (Wildman–Crippen MR) is 73.9 cm³/mol. The van der Waals surface area contributed by atoms with Gasteiger partial charge in [-0.2, -0.15) is 0 Å². The molecule has 0 spiro atoms. The molecule has 0 aliphatic rings. The van der Waals surface area contributed by atoms with Gasteiger partial charge in [0.05, 0.1) is 10.6 Å². The fourth-order valence-electron chi connectivity index (χ4n) is 1.76. The monoisotopic (exact) mass is 294 g/mol. The van der Waals surface area contributed by atoms with Crippen LogP contribution < -0.4 is 4.74 Å². The fraction of sp³-hybridized carbons (Fsp3) is 0.133. The maximum absolute atomic E-state index is 13.7. The summed E-state index contributed by atoms with van der Waals surface area (Å²) in [5, 5.41) is 8.92. The molecule has 0 aliphatic carbocycles. The van der Waals surface area contributed by atoms with Crippen LogP contribution in [0.2, 0.25) is 5.02 Å². The third-order valence-corrected chi connectivity index (χ3v) is 3.13. The Morgan fingerprint density at radius 2 is 2.10 bits per heavy atom. The van der Waals surface area contributed by atoms with E-state index in [2.05, 4.69) is 0 Å². The van der Waals surface area contributed by atoms with Gasteiger partial charge in [0, 0.05) is 5.56 Å². The average molecular weight is 295 g/mol. The first-order chi connectivity index (χ1) is 9.49. The van der Waals surface area contributed by atoms with Crippen LogP contribution in [0.4, 0.5) is 4.39 Å². The Balaban J connectivity index is 2.15. The summed E-state index contributed by atoms with van der Waals surface area (Å²) < 4.78 is 19.2. The van der Waals surface area contributed by atoms with Gasteiger partial charge in [-0.15, -0.1) is 0 Å². The molecule has 20 heavy (non-hydrogen) atoms. The van der Waals surface area contributed by atoms with E-state index in [-0.39, 0.29) is 17.2 Å². The summed E-state index contributed by atoms with van der Waals surface area (Å²) in [7, 11) is 0. The molecular formula is C15H12ClFO3. The molecule has 0 amide bonds. The zero-order valence-corrected chi connectivity index (χ0v) is 11.4. The van der Waals surface area contributed by atoms with Crippen LogP contribution in [0.5, 0.6) is 5.75 Å². The Morgan fingerprint density at radius 1 is 1.35 bits per heavy atom. The second-order valence-corrected chi connectivity index (χ2v) is 4.69. The topological polar surface area (TPSA) is 46.5 Å². The van der Waals surface area contributed by atoms with Crippen LogP contribution in [0.1, 0.15) is 21.5 Å². The highest BCUT2D eigenvalue weighted by molar-refractivity contribution is 6.30. The maximum atomic E-state index is 13.7. The van der Waals surface area contributed by atoms with Crippen LogP contribution in [-0.4, -0.2) is 11.1 Å². The Bertz CT molecular complexity index is 656. The number of hydrogen-bond acceptors (Lipinski definition) is 2. The van der Waals surface area contributed by atoms with Gasteiger partial charge in [0.25, 0.3) is 0 Å². The van der Waals surface area contributed by atoms with E-state index in [1.807, 2.05) is 0 Å². The van der Waals surface area contributed by atoms with Crippen molar-refractivity contribution in [3.05, 3.63) is 63.9 Å². The molecule has 0 unspecified atom stereocenters. The molecule has 0 aromatic heterocycles. The van der Waals surface area contributed by atoms with Gasteiger partial charge in [0.2, 0.25) is 0 Å². The van der Waals surface area contributed by atoms with Gasteiger partial charge in [-0.25, -0.2) is 9.18 Å². The zero-order chi connectivity index (χ0) is 14.7. The van der Waals surface area contributed by atoms with E-state index in [0.717, 1.165) is 0 Å². The van der Waals surface area contributed by atoms with Gasteiger partial charge in [-0.1, -0.05) is 23.7 Å². The molecule has 0 radical (unpaired) electrons. The highest BCUT2D eigenvalue weighted by atomic mass is 35.5. The van der Waals surface area contributed by atoms with Gasteiger partial charge in [-0.05, 0) is 36.8 Å². The summed E-state index contributed by atoms with van der Waals surface area (Å²) in [6.45, 7) is 1.76. The Labute approximate surface area is 120 Å². The van der Waals surface area contributed by atoms with Crippen LogP contribution >= 0.6 is 11.6 Å². The smallest absolute Gasteiger partial charge is 0.335 e. The number of ether oxygens (including phenoxy) is 1. The largest absolute Gasteiger partial charge is 0.489 e. The van der Waals surface area contributed by atoms with Gasteiger partial charge in [0.15, 0.2) is 0 Å². The first kappa shape index (κ1) is 14.3. The average Bonchev–Trinajstić information content (AvgIpc) is 2.41. The molecule has 0 bridgehead atoms. The van der Waals surface area contributed by atoms with Crippen molar-refractivity contribution in [1.82, 2.24) is 0 Å². The lowest BCUT2D eigenvalue weighted by molar-refractivity contribution is 0.0696. The highest BCUT2D eigenvalue weighted by Crippen LogP contribution is 2.23. The minimum atomic E-state index is -1.000. The Hall–Kier alpha value is -2.07. The molecule has 0 saturated carbocycles. The summed E-state index contributed by atoms with van der Waals surface area (Å²) in [4.78, 5) is 10.8. The number of carboxylic acid groups (broad SMARTS) is 1. The van der Waals surface area contributed by atoms with Crippen molar-refractivity contribution in [1.29, 1.82) is 0 Å². The van der Waals surface area contributed by atoms with Crippen molar-refractivity contribution in [3.63, 3.8) is 0 Å². The maximum Gasteiger partial charge on any atom is 0.335 e. The molecule has 2 aromatic rings. The van der Waals surface area contributed by atoms with E-state index < -0.39 is 11.8 Å². The summed E-state index contributed by atoms with van der Waals surface area (Å²) >= 11 is 5.69. The molecule has 3 nitrogen and oxygen atoms in total. The molecule has 0 aliphatic heterocycles.